The number of hydrogen-bond acceptors (Lipinski definition) is 5. The van der Waals surface area contributed by atoms with Crippen LogP contribution in [-0.2, 0) is 17.7 Å². The van der Waals surface area contributed by atoms with Gasteiger partial charge in [-0.05, 0) is 30.7 Å². The van der Waals surface area contributed by atoms with Gasteiger partial charge in [0.15, 0.2) is 5.96 Å². The molecule has 3 heterocycles. The van der Waals surface area contributed by atoms with Gasteiger partial charge >= 0.3 is 0 Å². The van der Waals surface area contributed by atoms with Gasteiger partial charge in [-0.3, -0.25) is 0 Å². The summed E-state index contributed by atoms with van der Waals surface area (Å²) < 4.78 is 10.8. The molecule has 0 aromatic carbocycles. The Hall–Kier alpha value is -2.54. The van der Waals surface area contributed by atoms with Gasteiger partial charge in [-0.25, -0.2) is 9.98 Å². The van der Waals surface area contributed by atoms with Crippen LogP contribution in [0.5, 0.6) is 0 Å². The normalized spacial score (nSPS) is 17.1. The fraction of sp³-hybridized carbons (Fsp3) is 0.500. The summed E-state index contributed by atoms with van der Waals surface area (Å²) in [6.07, 6.45) is 3.61. The van der Waals surface area contributed by atoms with Crippen molar-refractivity contribution < 1.29 is 9.15 Å². The summed E-state index contributed by atoms with van der Waals surface area (Å²) in [6.45, 7) is 3.81. The Morgan fingerprint density at radius 3 is 2.93 bits per heavy atom. The van der Waals surface area contributed by atoms with E-state index in [2.05, 4.69) is 15.6 Å². The zero-order chi connectivity index (χ0) is 18.9. The van der Waals surface area contributed by atoms with E-state index in [-0.39, 0.29) is 0 Å². The standard InChI is InChI=1S/C20H29N5O2/c1-25(2)19-7-3-5-17(24-19)14-23-20(22-13-16-9-12-26-15-16)21-10-8-18-6-4-11-27-18/h3-7,11,16H,8-10,12-15H2,1-2H3,(H2,21,22,23). The van der Waals surface area contributed by atoms with Crippen molar-refractivity contribution in [2.75, 3.05) is 45.3 Å². The van der Waals surface area contributed by atoms with Gasteiger partial charge in [-0.2, -0.15) is 0 Å². The number of rotatable bonds is 8. The first kappa shape index (κ1) is 19.2. The van der Waals surface area contributed by atoms with E-state index in [9.17, 15) is 0 Å². The van der Waals surface area contributed by atoms with E-state index < -0.39 is 0 Å². The predicted octanol–water partition coefficient (Wildman–Crippen LogP) is 2.05. The third-order valence-electron chi connectivity index (χ3n) is 4.48. The highest BCUT2D eigenvalue weighted by Gasteiger charge is 2.15. The molecule has 2 N–H and O–H groups in total. The van der Waals surface area contributed by atoms with E-state index in [1.165, 1.54) is 0 Å². The quantitative estimate of drug-likeness (QED) is 0.546. The van der Waals surface area contributed by atoms with E-state index in [1.54, 1.807) is 6.26 Å². The number of pyridine rings is 1. The van der Waals surface area contributed by atoms with Gasteiger partial charge in [0.1, 0.15) is 11.6 Å². The molecule has 2 aromatic rings. The molecular weight excluding hydrogens is 342 g/mol. The first-order valence-electron chi connectivity index (χ1n) is 9.46. The van der Waals surface area contributed by atoms with Crippen LogP contribution in [0.25, 0.3) is 0 Å². The topological polar surface area (TPSA) is 74.9 Å². The van der Waals surface area contributed by atoms with Gasteiger partial charge in [-0.15, -0.1) is 0 Å². The molecule has 0 saturated carbocycles. The number of aliphatic imine (C=N–C) groups is 1. The first-order chi connectivity index (χ1) is 13.2. The number of hydrogen-bond donors (Lipinski definition) is 2. The van der Waals surface area contributed by atoms with Crippen molar-refractivity contribution in [2.24, 2.45) is 10.9 Å². The lowest BCUT2D eigenvalue weighted by Crippen LogP contribution is -2.41. The van der Waals surface area contributed by atoms with Crippen LogP contribution < -0.4 is 15.5 Å². The highest BCUT2D eigenvalue weighted by Crippen LogP contribution is 2.11. The number of nitrogens with one attached hydrogen (secondary N) is 2. The molecule has 0 radical (unpaired) electrons. The molecule has 2 aromatic heterocycles. The molecular formula is C20H29N5O2. The average molecular weight is 371 g/mol. The lowest BCUT2D eigenvalue weighted by molar-refractivity contribution is 0.186. The molecule has 146 valence electrons. The van der Waals surface area contributed by atoms with E-state index >= 15 is 0 Å². The number of ether oxygens (including phenoxy) is 1. The van der Waals surface area contributed by atoms with Crippen LogP contribution in [0.3, 0.4) is 0 Å². The second kappa shape index (κ2) is 9.97. The highest BCUT2D eigenvalue weighted by atomic mass is 16.5. The molecule has 1 unspecified atom stereocenters. The Kier molecular flexibility index (Phi) is 7.10. The fourth-order valence-electron chi connectivity index (χ4n) is 2.88. The van der Waals surface area contributed by atoms with Crippen molar-refractivity contribution in [1.82, 2.24) is 15.6 Å². The molecule has 3 rings (SSSR count). The summed E-state index contributed by atoms with van der Waals surface area (Å²) in [5.41, 5.74) is 0.942. The maximum atomic E-state index is 5.46. The second-order valence-corrected chi connectivity index (χ2v) is 6.91. The van der Waals surface area contributed by atoms with Gasteiger partial charge in [0, 0.05) is 46.1 Å². The number of guanidine groups is 1. The molecule has 0 amide bonds. The summed E-state index contributed by atoms with van der Waals surface area (Å²) in [5.74, 6) is 3.24. The van der Waals surface area contributed by atoms with Crippen LogP contribution in [-0.4, -0.2) is 51.3 Å². The summed E-state index contributed by atoms with van der Waals surface area (Å²) in [6, 6.07) is 9.90. The lowest BCUT2D eigenvalue weighted by Gasteiger charge is -2.15. The maximum Gasteiger partial charge on any atom is 0.191 e. The number of anilines is 1. The van der Waals surface area contributed by atoms with Crippen LogP contribution in [0.4, 0.5) is 5.82 Å². The Morgan fingerprint density at radius 1 is 1.26 bits per heavy atom. The molecule has 7 nitrogen and oxygen atoms in total. The summed E-state index contributed by atoms with van der Waals surface area (Å²) in [4.78, 5) is 11.3. The Balaban J connectivity index is 1.58. The minimum absolute atomic E-state index is 0.527. The molecule has 1 atom stereocenters. The SMILES string of the molecule is CN(C)c1cccc(CN=C(NCCc2ccco2)NCC2CCOC2)n1. The first-order valence-corrected chi connectivity index (χ1v) is 9.46. The van der Waals surface area contributed by atoms with Crippen molar-refractivity contribution in [1.29, 1.82) is 0 Å². The van der Waals surface area contributed by atoms with E-state index in [4.69, 9.17) is 14.1 Å². The monoisotopic (exact) mass is 371 g/mol. The van der Waals surface area contributed by atoms with Gasteiger partial charge in [0.05, 0.1) is 25.1 Å². The van der Waals surface area contributed by atoms with E-state index in [0.717, 1.165) is 62.4 Å². The number of aromatic nitrogens is 1. The van der Waals surface area contributed by atoms with Gasteiger partial charge in [0.2, 0.25) is 0 Å². The van der Waals surface area contributed by atoms with Crippen molar-refractivity contribution in [3.63, 3.8) is 0 Å². The molecule has 1 saturated heterocycles. The largest absolute Gasteiger partial charge is 0.469 e. The third-order valence-corrected chi connectivity index (χ3v) is 4.48. The summed E-state index contributed by atoms with van der Waals surface area (Å²) in [7, 11) is 3.98. The van der Waals surface area contributed by atoms with Crippen molar-refractivity contribution >= 4 is 11.8 Å². The smallest absolute Gasteiger partial charge is 0.191 e. The molecule has 0 bridgehead atoms. The van der Waals surface area contributed by atoms with Gasteiger partial charge in [0.25, 0.3) is 0 Å². The van der Waals surface area contributed by atoms with Crippen LogP contribution in [0.15, 0.2) is 46.0 Å². The maximum absolute atomic E-state index is 5.46. The fourth-order valence-corrected chi connectivity index (χ4v) is 2.88. The molecule has 1 fully saturated rings. The van der Waals surface area contributed by atoms with Crippen LogP contribution in [0, 0.1) is 5.92 Å². The van der Waals surface area contributed by atoms with E-state index in [1.807, 2.05) is 49.3 Å². The molecule has 1 aliphatic rings. The Labute approximate surface area is 160 Å². The minimum atomic E-state index is 0.527. The lowest BCUT2D eigenvalue weighted by atomic mass is 10.1. The Morgan fingerprint density at radius 2 is 2.19 bits per heavy atom. The molecule has 7 heteroatoms. The summed E-state index contributed by atoms with van der Waals surface area (Å²) in [5, 5.41) is 6.83. The molecule has 0 aliphatic carbocycles. The number of furan rings is 1. The number of nitrogens with zero attached hydrogens (tertiary/aromatic N) is 3. The highest BCUT2D eigenvalue weighted by molar-refractivity contribution is 5.79. The molecule has 27 heavy (non-hydrogen) atoms. The van der Waals surface area contributed by atoms with Crippen molar-refractivity contribution in [2.45, 2.75) is 19.4 Å². The Bertz CT molecular complexity index is 709. The average Bonchev–Trinajstić information content (AvgIpc) is 3.37. The van der Waals surface area contributed by atoms with Crippen LogP contribution in [0.1, 0.15) is 17.9 Å². The van der Waals surface area contributed by atoms with Gasteiger partial charge in [-0.1, -0.05) is 6.07 Å². The predicted molar refractivity (Wildman–Crippen MR) is 107 cm³/mol. The minimum Gasteiger partial charge on any atom is -0.469 e. The summed E-state index contributed by atoms with van der Waals surface area (Å²) >= 11 is 0. The molecule has 1 aliphatic heterocycles. The zero-order valence-electron chi connectivity index (χ0n) is 16.1. The van der Waals surface area contributed by atoms with E-state index in [0.29, 0.717) is 12.5 Å². The third kappa shape index (κ3) is 6.29. The molecule has 0 spiro atoms. The van der Waals surface area contributed by atoms with Crippen LogP contribution in [0.2, 0.25) is 0 Å². The van der Waals surface area contributed by atoms with Gasteiger partial charge < -0.3 is 24.7 Å². The van der Waals surface area contributed by atoms with Crippen molar-refractivity contribution in [3.8, 4) is 0 Å². The van der Waals surface area contributed by atoms with Crippen molar-refractivity contribution in [3.05, 3.63) is 48.0 Å². The van der Waals surface area contributed by atoms with Crippen LogP contribution >= 0.6 is 0 Å². The zero-order valence-corrected chi connectivity index (χ0v) is 16.1. The second-order valence-electron chi connectivity index (χ2n) is 6.91.